The summed E-state index contributed by atoms with van der Waals surface area (Å²) in [7, 11) is 2.10. The molecule has 116 valence electrons. The molecule has 0 amide bonds. The Bertz CT molecular complexity index is 509. The molecule has 0 radical (unpaired) electrons. The zero-order valence-electron chi connectivity index (χ0n) is 12.9. The van der Waals surface area contributed by atoms with Gasteiger partial charge in [0.15, 0.2) is 0 Å². The fourth-order valence-electron chi connectivity index (χ4n) is 2.81. The second kappa shape index (κ2) is 6.79. The first-order valence-electron chi connectivity index (χ1n) is 7.38. The van der Waals surface area contributed by atoms with Crippen LogP contribution in [0.3, 0.4) is 0 Å². The molecular weight excluding hydrogens is 332 g/mol. The molecule has 0 aromatic heterocycles. The maximum Gasteiger partial charge on any atom is 0.331 e. The van der Waals surface area contributed by atoms with Gasteiger partial charge in [-0.15, -0.1) is 0 Å². The molecule has 2 rings (SSSR count). The minimum absolute atomic E-state index is 0.148. The van der Waals surface area contributed by atoms with E-state index >= 15 is 0 Å². The molecule has 1 heterocycles. The summed E-state index contributed by atoms with van der Waals surface area (Å²) in [5, 5.41) is 3.44. The SMILES string of the molecule is CCOC(=O)C1(Nc2cccc(Br)c2)CCN(C)C(C)C1. The number of piperidine rings is 1. The number of esters is 1. The van der Waals surface area contributed by atoms with Crippen LogP contribution in [0.25, 0.3) is 0 Å². The van der Waals surface area contributed by atoms with Gasteiger partial charge in [-0.2, -0.15) is 0 Å². The molecule has 1 aromatic rings. The largest absolute Gasteiger partial charge is 0.464 e. The highest BCUT2D eigenvalue weighted by Crippen LogP contribution is 2.32. The van der Waals surface area contributed by atoms with E-state index in [1.807, 2.05) is 31.2 Å². The lowest BCUT2D eigenvalue weighted by Gasteiger charge is -2.43. The highest BCUT2D eigenvalue weighted by atomic mass is 79.9. The molecule has 2 atom stereocenters. The van der Waals surface area contributed by atoms with Crippen LogP contribution in [0.15, 0.2) is 28.7 Å². The van der Waals surface area contributed by atoms with Crippen molar-refractivity contribution in [2.75, 3.05) is 25.5 Å². The number of carbonyl (C=O) groups is 1. The molecule has 1 aliphatic heterocycles. The first-order valence-corrected chi connectivity index (χ1v) is 8.17. The van der Waals surface area contributed by atoms with E-state index in [-0.39, 0.29) is 5.97 Å². The Morgan fingerprint density at radius 1 is 1.57 bits per heavy atom. The predicted octanol–water partition coefficient (Wildman–Crippen LogP) is 3.28. The molecule has 1 aliphatic rings. The Kier molecular flexibility index (Phi) is 5.27. The fourth-order valence-corrected chi connectivity index (χ4v) is 3.21. The van der Waals surface area contributed by atoms with E-state index in [0.29, 0.717) is 12.6 Å². The fraction of sp³-hybridized carbons (Fsp3) is 0.562. The highest BCUT2D eigenvalue weighted by molar-refractivity contribution is 9.10. The van der Waals surface area contributed by atoms with Crippen LogP contribution in [0.2, 0.25) is 0 Å². The molecule has 1 aromatic carbocycles. The molecule has 21 heavy (non-hydrogen) atoms. The minimum atomic E-state index is -0.636. The molecule has 1 fully saturated rings. The maximum atomic E-state index is 12.5. The van der Waals surface area contributed by atoms with E-state index in [2.05, 4.69) is 40.1 Å². The van der Waals surface area contributed by atoms with E-state index in [1.165, 1.54) is 0 Å². The third-order valence-corrected chi connectivity index (χ3v) is 4.66. The lowest BCUT2D eigenvalue weighted by Crippen LogP contribution is -2.57. The summed E-state index contributed by atoms with van der Waals surface area (Å²) in [6, 6.07) is 8.24. The first kappa shape index (κ1) is 16.3. The number of nitrogens with zero attached hydrogens (tertiary/aromatic N) is 1. The summed E-state index contributed by atoms with van der Waals surface area (Å²) in [4.78, 5) is 14.8. The van der Waals surface area contributed by atoms with Gasteiger partial charge < -0.3 is 15.0 Å². The van der Waals surface area contributed by atoms with Gasteiger partial charge in [-0.25, -0.2) is 4.79 Å². The number of benzene rings is 1. The van der Waals surface area contributed by atoms with Gasteiger partial charge in [-0.3, -0.25) is 0 Å². The lowest BCUT2D eigenvalue weighted by atomic mass is 9.83. The first-order chi connectivity index (χ1) is 9.97. The Morgan fingerprint density at radius 2 is 2.33 bits per heavy atom. The number of likely N-dealkylation sites (tertiary alicyclic amines) is 1. The molecule has 0 aliphatic carbocycles. The van der Waals surface area contributed by atoms with Crippen LogP contribution in [0, 0.1) is 0 Å². The Hall–Kier alpha value is -1.07. The number of halogens is 1. The van der Waals surface area contributed by atoms with Gasteiger partial charge in [0, 0.05) is 22.7 Å². The third kappa shape index (κ3) is 3.77. The maximum absolute atomic E-state index is 12.5. The number of nitrogens with one attached hydrogen (secondary N) is 1. The number of carbonyl (C=O) groups excluding carboxylic acids is 1. The number of rotatable bonds is 4. The van der Waals surface area contributed by atoms with Crippen molar-refractivity contribution in [3.63, 3.8) is 0 Å². The normalized spacial score (nSPS) is 26.4. The number of hydrogen-bond donors (Lipinski definition) is 1. The number of anilines is 1. The van der Waals surface area contributed by atoms with Crippen molar-refractivity contribution in [3.8, 4) is 0 Å². The van der Waals surface area contributed by atoms with Crippen molar-refractivity contribution < 1.29 is 9.53 Å². The van der Waals surface area contributed by atoms with E-state index < -0.39 is 5.54 Å². The average Bonchev–Trinajstić information content (AvgIpc) is 2.43. The molecule has 0 spiro atoms. The monoisotopic (exact) mass is 354 g/mol. The van der Waals surface area contributed by atoms with Crippen LogP contribution in [-0.4, -0.2) is 42.6 Å². The molecule has 0 saturated carbocycles. The van der Waals surface area contributed by atoms with Gasteiger partial charge >= 0.3 is 5.97 Å². The Labute approximate surface area is 135 Å². The molecule has 1 N–H and O–H groups in total. The second-order valence-electron chi connectivity index (χ2n) is 5.72. The second-order valence-corrected chi connectivity index (χ2v) is 6.64. The van der Waals surface area contributed by atoms with Gasteiger partial charge in [0.05, 0.1) is 6.61 Å². The van der Waals surface area contributed by atoms with Gasteiger partial charge in [-0.1, -0.05) is 22.0 Å². The summed E-state index contributed by atoms with van der Waals surface area (Å²) in [6.07, 6.45) is 1.49. The minimum Gasteiger partial charge on any atom is -0.464 e. The van der Waals surface area contributed by atoms with Crippen molar-refractivity contribution in [3.05, 3.63) is 28.7 Å². The number of hydrogen-bond acceptors (Lipinski definition) is 4. The summed E-state index contributed by atoms with van der Waals surface area (Å²) < 4.78 is 6.33. The van der Waals surface area contributed by atoms with Crippen molar-refractivity contribution >= 4 is 27.6 Å². The van der Waals surface area contributed by atoms with E-state index in [1.54, 1.807) is 0 Å². The molecule has 0 bridgehead atoms. The summed E-state index contributed by atoms with van der Waals surface area (Å²) in [5.41, 5.74) is 0.303. The molecular formula is C16H23BrN2O2. The van der Waals surface area contributed by atoms with Crippen LogP contribution in [0.4, 0.5) is 5.69 Å². The van der Waals surface area contributed by atoms with Crippen LogP contribution >= 0.6 is 15.9 Å². The summed E-state index contributed by atoms with van der Waals surface area (Å²) in [5.74, 6) is -0.148. The highest BCUT2D eigenvalue weighted by Gasteiger charge is 2.44. The van der Waals surface area contributed by atoms with Crippen molar-refractivity contribution in [1.29, 1.82) is 0 Å². The van der Waals surface area contributed by atoms with Crippen LogP contribution in [0.1, 0.15) is 26.7 Å². The zero-order valence-corrected chi connectivity index (χ0v) is 14.4. The van der Waals surface area contributed by atoms with Gasteiger partial charge in [0.2, 0.25) is 0 Å². The molecule has 4 nitrogen and oxygen atoms in total. The Balaban J connectivity index is 2.26. The van der Waals surface area contributed by atoms with Crippen molar-refractivity contribution in [2.24, 2.45) is 0 Å². The van der Waals surface area contributed by atoms with Crippen LogP contribution < -0.4 is 5.32 Å². The van der Waals surface area contributed by atoms with E-state index in [0.717, 1.165) is 29.5 Å². The van der Waals surface area contributed by atoms with Crippen molar-refractivity contribution in [1.82, 2.24) is 4.90 Å². The smallest absolute Gasteiger partial charge is 0.331 e. The lowest BCUT2D eigenvalue weighted by molar-refractivity contribution is -0.151. The van der Waals surface area contributed by atoms with Gasteiger partial charge in [0.1, 0.15) is 5.54 Å². The Morgan fingerprint density at radius 3 is 2.95 bits per heavy atom. The van der Waals surface area contributed by atoms with Crippen LogP contribution in [0.5, 0.6) is 0 Å². The van der Waals surface area contributed by atoms with Gasteiger partial charge in [-0.05, 0) is 51.9 Å². The third-order valence-electron chi connectivity index (χ3n) is 4.16. The number of ether oxygens (including phenoxy) is 1. The topological polar surface area (TPSA) is 41.6 Å². The summed E-state index contributed by atoms with van der Waals surface area (Å²) >= 11 is 3.47. The van der Waals surface area contributed by atoms with Crippen LogP contribution in [-0.2, 0) is 9.53 Å². The van der Waals surface area contributed by atoms with Crippen molar-refractivity contribution in [2.45, 2.75) is 38.3 Å². The average molecular weight is 355 g/mol. The van der Waals surface area contributed by atoms with E-state index in [4.69, 9.17) is 4.74 Å². The molecule has 2 unspecified atom stereocenters. The predicted molar refractivity (Wildman–Crippen MR) is 88.5 cm³/mol. The standard InChI is InChI=1S/C16H23BrN2O2/c1-4-21-15(20)16(8-9-19(3)12(2)11-16)18-14-7-5-6-13(17)10-14/h5-7,10,12,18H,4,8-9,11H2,1-3H3. The molecule has 5 heteroatoms. The quantitative estimate of drug-likeness (QED) is 0.842. The van der Waals surface area contributed by atoms with E-state index in [9.17, 15) is 4.79 Å². The zero-order chi connectivity index (χ0) is 15.5. The molecule has 1 saturated heterocycles. The van der Waals surface area contributed by atoms with Gasteiger partial charge in [0.25, 0.3) is 0 Å². The summed E-state index contributed by atoms with van der Waals surface area (Å²) in [6.45, 7) is 5.28.